The molecule has 100 valence electrons. The van der Waals surface area contributed by atoms with E-state index in [2.05, 4.69) is 17.3 Å². The Balaban J connectivity index is 1.93. The summed E-state index contributed by atoms with van der Waals surface area (Å²) in [6.45, 7) is 5.43. The Morgan fingerprint density at radius 1 is 1.21 bits per heavy atom. The smallest absolute Gasteiger partial charge is 0.251 e. The molecule has 0 radical (unpaired) electrons. The van der Waals surface area contributed by atoms with Crippen molar-refractivity contribution in [2.45, 2.75) is 33.4 Å². The molecule has 1 amide bonds. The van der Waals surface area contributed by atoms with Gasteiger partial charge in [-0.1, -0.05) is 19.1 Å². The van der Waals surface area contributed by atoms with E-state index in [9.17, 15) is 4.79 Å². The zero-order valence-corrected chi connectivity index (χ0v) is 11.4. The van der Waals surface area contributed by atoms with Gasteiger partial charge in [0.2, 0.25) is 0 Å². The quantitative estimate of drug-likeness (QED) is 0.894. The van der Waals surface area contributed by atoms with E-state index in [4.69, 9.17) is 0 Å². The van der Waals surface area contributed by atoms with E-state index in [1.54, 1.807) is 0 Å². The molecule has 1 aromatic heterocycles. The van der Waals surface area contributed by atoms with Gasteiger partial charge in [-0.15, -0.1) is 0 Å². The Morgan fingerprint density at radius 2 is 1.95 bits per heavy atom. The number of amides is 1. The number of hydrogen-bond acceptors (Lipinski definition) is 2. The second kappa shape index (κ2) is 6.18. The van der Waals surface area contributed by atoms with Crippen molar-refractivity contribution in [2.75, 3.05) is 0 Å². The molecule has 2 aromatic rings. The van der Waals surface area contributed by atoms with Crippen LogP contribution in [0, 0.1) is 0 Å². The molecule has 1 heterocycles. The molecule has 0 spiro atoms. The number of carbonyl (C=O) groups is 1. The minimum atomic E-state index is -0.0614. The molecule has 2 rings (SSSR count). The minimum Gasteiger partial charge on any atom is -0.346 e. The predicted molar refractivity (Wildman–Crippen MR) is 74.9 cm³/mol. The first-order valence-electron chi connectivity index (χ1n) is 6.62. The van der Waals surface area contributed by atoms with E-state index < -0.39 is 0 Å². The summed E-state index contributed by atoms with van der Waals surface area (Å²) in [6, 6.07) is 9.61. The lowest BCUT2D eigenvalue weighted by atomic mass is 10.1. The van der Waals surface area contributed by atoms with Gasteiger partial charge in [-0.3, -0.25) is 9.48 Å². The van der Waals surface area contributed by atoms with Gasteiger partial charge >= 0.3 is 0 Å². The van der Waals surface area contributed by atoms with E-state index >= 15 is 0 Å². The molecule has 0 fully saturated rings. The van der Waals surface area contributed by atoms with Crippen molar-refractivity contribution in [1.29, 1.82) is 0 Å². The maximum atomic E-state index is 11.9. The van der Waals surface area contributed by atoms with Crippen LogP contribution in [0.15, 0.2) is 36.5 Å². The fraction of sp³-hybridized carbons (Fsp3) is 0.333. The summed E-state index contributed by atoms with van der Waals surface area (Å²) in [5.74, 6) is -0.0614. The lowest BCUT2D eigenvalue weighted by Gasteiger charge is -2.04. The molecule has 19 heavy (non-hydrogen) atoms. The maximum absolute atomic E-state index is 11.9. The largest absolute Gasteiger partial charge is 0.346 e. The summed E-state index contributed by atoms with van der Waals surface area (Å²) in [6.07, 6.45) is 2.90. The van der Waals surface area contributed by atoms with Gasteiger partial charge < -0.3 is 5.32 Å². The topological polar surface area (TPSA) is 46.9 Å². The van der Waals surface area contributed by atoms with Crippen LogP contribution in [-0.4, -0.2) is 15.7 Å². The monoisotopic (exact) mass is 257 g/mol. The fourth-order valence-electron chi connectivity index (χ4n) is 1.84. The maximum Gasteiger partial charge on any atom is 0.251 e. The van der Waals surface area contributed by atoms with E-state index in [0.717, 1.165) is 18.7 Å². The molecule has 0 aliphatic heterocycles. The zero-order chi connectivity index (χ0) is 13.7. The Kier molecular flexibility index (Phi) is 4.34. The van der Waals surface area contributed by atoms with Crippen LogP contribution < -0.4 is 5.32 Å². The molecule has 0 saturated carbocycles. The van der Waals surface area contributed by atoms with Crippen molar-refractivity contribution < 1.29 is 4.79 Å². The third-order valence-corrected chi connectivity index (χ3v) is 3.07. The summed E-state index contributed by atoms with van der Waals surface area (Å²) in [7, 11) is 0. The molecule has 1 aromatic carbocycles. The number of rotatable bonds is 5. The van der Waals surface area contributed by atoms with Crippen molar-refractivity contribution in [3.63, 3.8) is 0 Å². The molecule has 0 unspecified atom stereocenters. The molecule has 4 nitrogen and oxygen atoms in total. The summed E-state index contributed by atoms with van der Waals surface area (Å²) in [4.78, 5) is 11.9. The normalized spacial score (nSPS) is 10.4. The summed E-state index contributed by atoms with van der Waals surface area (Å²) >= 11 is 0. The first kappa shape index (κ1) is 13.3. The molecule has 0 aliphatic carbocycles. The average Bonchev–Trinajstić information content (AvgIpc) is 2.93. The standard InChI is InChI=1S/C15H19N3O/c1-3-12-5-7-13(8-6-12)15(19)16-11-14-9-10-18(4-2)17-14/h5-10H,3-4,11H2,1-2H3,(H,16,19). The molecule has 4 heteroatoms. The van der Waals surface area contributed by atoms with E-state index in [1.165, 1.54) is 5.56 Å². The van der Waals surface area contributed by atoms with Crippen molar-refractivity contribution in [3.8, 4) is 0 Å². The number of nitrogens with zero attached hydrogens (tertiary/aromatic N) is 2. The number of aromatic nitrogens is 2. The highest BCUT2D eigenvalue weighted by atomic mass is 16.1. The Labute approximate surface area is 113 Å². The number of benzene rings is 1. The first-order valence-corrected chi connectivity index (χ1v) is 6.62. The number of nitrogens with one attached hydrogen (secondary N) is 1. The predicted octanol–water partition coefficient (Wildman–Crippen LogP) is 2.40. The molecule has 0 saturated heterocycles. The molecule has 0 bridgehead atoms. The SMILES string of the molecule is CCc1ccc(C(=O)NCc2ccn(CC)n2)cc1. The summed E-state index contributed by atoms with van der Waals surface area (Å²) < 4.78 is 1.84. The molecular formula is C15H19N3O. The van der Waals surface area contributed by atoms with Gasteiger partial charge in [-0.25, -0.2) is 0 Å². The number of hydrogen-bond donors (Lipinski definition) is 1. The van der Waals surface area contributed by atoms with Crippen molar-refractivity contribution in [2.24, 2.45) is 0 Å². The van der Waals surface area contributed by atoms with Crippen LogP contribution in [0.1, 0.15) is 35.5 Å². The highest BCUT2D eigenvalue weighted by molar-refractivity contribution is 5.94. The number of aryl methyl sites for hydroxylation is 2. The molecule has 0 aliphatic rings. The van der Waals surface area contributed by atoms with Gasteiger partial charge in [0.25, 0.3) is 5.91 Å². The average molecular weight is 257 g/mol. The van der Waals surface area contributed by atoms with Crippen LogP contribution in [0.25, 0.3) is 0 Å². The molecule has 0 atom stereocenters. The van der Waals surface area contributed by atoms with E-state index in [1.807, 2.05) is 48.1 Å². The highest BCUT2D eigenvalue weighted by Gasteiger charge is 2.06. The van der Waals surface area contributed by atoms with E-state index in [-0.39, 0.29) is 5.91 Å². The number of carbonyl (C=O) groups excluding carboxylic acids is 1. The van der Waals surface area contributed by atoms with Gasteiger partial charge in [-0.05, 0) is 37.1 Å². The third-order valence-electron chi connectivity index (χ3n) is 3.07. The first-order chi connectivity index (χ1) is 9.22. The molecular weight excluding hydrogens is 238 g/mol. The molecule has 1 N–H and O–H groups in total. The van der Waals surface area contributed by atoms with Crippen LogP contribution in [0.5, 0.6) is 0 Å². The van der Waals surface area contributed by atoms with Gasteiger partial charge in [-0.2, -0.15) is 5.10 Å². The lowest BCUT2D eigenvalue weighted by molar-refractivity contribution is 0.0950. The minimum absolute atomic E-state index is 0.0614. The van der Waals surface area contributed by atoms with Gasteiger partial charge in [0.1, 0.15) is 0 Å². The summed E-state index contributed by atoms with van der Waals surface area (Å²) in [5.41, 5.74) is 2.80. The van der Waals surface area contributed by atoms with Gasteiger partial charge in [0.15, 0.2) is 0 Å². The second-order valence-electron chi connectivity index (χ2n) is 4.40. The Bertz CT molecular complexity index is 543. The van der Waals surface area contributed by atoms with Crippen molar-refractivity contribution >= 4 is 5.91 Å². The zero-order valence-electron chi connectivity index (χ0n) is 11.4. The second-order valence-corrected chi connectivity index (χ2v) is 4.40. The van der Waals surface area contributed by atoms with Crippen molar-refractivity contribution in [3.05, 3.63) is 53.3 Å². The summed E-state index contributed by atoms with van der Waals surface area (Å²) in [5, 5.41) is 7.20. The van der Waals surface area contributed by atoms with Crippen LogP contribution in [0.3, 0.4) is 0 Å². The van der Waals surface area contributed by atoms with E-state index in [0.29, 0.717) is 12.1 Å². The van der Waals surface area contributed by atoms with Crippen molar-refractivity contribution in [1.82, 2.24) is 15.1 Å². The fourth-order valence-corrected chi connectivity index (χ4v) is 1.84. The highest BCUT2D eigenvalue weighted by Crippen LogP contribution is 2.05. The Morgan fingerprint density at radius 3 is 2.53 bits per heavy atom. The van der Waals surface area contributed by atoms with Gasteiger partial charge in [0.05, 0.1) is 12.2 Å². The lowest BCUT2D eigenvalue weighted by Crippen LogP contribution is -2.23. The van der Waals surface area contributed by atoms with Crippen LogP contribution >= 0.6 is 0 Å². The van der Waals surface area contributed by atoms with Gasteiger partial charge in [0, 0.05) is 18.3 Å². The van der Waals surface area contributed by atoms with Crippen LogP contribution in [0.4, 0.5) is 0 Å². The third kappa shape index (κ3) is 3.44. The Hall–Kier alpha value is -2.10. The van der Waals surface area contributed by atoms with Crippen LogP contribution in [0.2, 0.25) is 0 Å². The van der Waals surface area contributed by atoms with Crippen LogP contribution in [-0.2, 0) is 19.5 Å².